The smallest absolute Gasteiger partial charge is 0.130 e. The molecule has 1 heterocycles. The van der Waals surface area contributed by atoms with Gasteiger partial charge in [0, 0.05) is 10.6 Å². The topological polar surface area (TPSA) is 12.5 Å². The maximum Gasteiger partial charge on any atom is 0.130 e. The highest BCUT2D eigenvalue weighted by Gasteiger charge is 2.29. The van der Waals surface area contributed by atoms with Crippen molar-refractivity contribution in [2.75, 3.05) is 6.61 Å². The minimum Gasteiger partial charge on any atom is -0.368 e. The van der Waals surface area contributed by atoms with E-state index < -0.39 is 0 Å². The van der Waals surface area contributed by atoms with Crippen LogP contribution in [0.5, 0.6) is 0 Å². The van der Waals surface area contributed by atoms with Crippen molar-refractivity contribution >= 4 is 11.6 Å². The van der Waals surface area contributed by atoms with Gasteiger partial charge in [-0.05, 0) is 12.1 Å². The van der Waals surface area contributed by atoms with Gasteiger partial charge in [-0.1, -0.05) is 17.7 Å². The Kier molecular flexibility index (Phi) is 1.59. The number of ether oxygens (including phenoxy) is 1. The summed E-state index contributed by atoms with van der Waals surface area (Å²) in [6.07, 6.45) is -0.108. The third-order valence-electron chi connectivity index (χ3n) is 1.66. The van der Waals surface area contributed by atoms with Gasteiger partial charge in [-0.25, -0.2) is 4.39 Å². The molecule has 0 aromatic heterocycles. The van der Waals surface area contributed by atoms with Crippen LogP contribution in [0.1, 0.15) is 11.7 Å². The Morgan fingerprint density at radius 1 is 1.55 bits per heavy atom. The lowest BCUT2D eigenvalue weighted by atomic mass is 10.1. The average molecular weight is 173 g/mol. The normalized spacial score (nSPS) is 21.8. The molecule has 0 N–H and O–H groups in total. The van der Waals surface area contributed by atoms with E-state index in [0.29, 0.717) is 17.2 Å². The lowest BCUT2D eigenvalue weighted by molar-refractivity contribution is 0.408. The fourth-order valence-corrected chi connectivity index (χ4v) is 1.32. The number of rotatable bonds is 1. The third kappa shape index (κ3) is 1.24. The molecular formula is C8H6ClFO. The summed E-state index contributed by atoms with van der Waals surface area (Å²) in [6.45, 7) is 0.584. The Labute approximate surface area is 68.7 Å². The first-order valence-electron chi connectivity index (χ1n) is 3.34. The molecule has 0 radical (unpaired) electrons. The minimum absolute atomic E-state index is 0.108. The van der Waals surface area contributed by atoms with E-state index >= 15 is 0 Å². The SMILES string of the molecule is Fc1cccc(Cl)c1C1CO1. The second kappa shape index (κ2) is 2.47. The molecule has 0 saturated carbocycles. The molecule has 1 aromatic rings. The van der Waals surface area contributed by atoms with E-state index in [4.69, 9.17) is 16.3 Å². The first kappa shape index (κ1) is 7.07. The zero-order chi connectivity index (χ0) is 7.84. The summed E-state index contributed by atoms with van der Waals surface area (Å²) < 4.78 is 17.9. The third-order valence-corrected chi connectivity index (χ3v) is 1.98. The summed E-state index contributed by atoms with van der Waals surface area (Å²) in [6, 6.07) is 4.65. The Morgan fingerprint density at radius 3 is 2.82 bits per heavy atom. The summed E-state index contributed by atoms with van der Waals surface area (Å²) in [7, 11) is 0. The molecule has 1 atom stereocenters. The van der Waals surface area contributed by atoms with E-state index in [2.05, 4.69) is 0 Å². The fourth-order valence-electron chi connectivity index (χ4n) is 1.03. The first-order chi connectivity index (χ1) is 5.29. The van der Waals surface area contributed by atoms with Crippen LogP contribution in [0.3, 0.4) is 0 Å². The summed E-state index contributed by atoms with van der Waals surface area (Å²) in [4.78, 5) is 0. The van der Waals surface area contributed by atoms with Gasteiger partial charge in [0.05, 0.1) is 6.61 Å². The average Bonchev–Trinajstić information content (AvgIpc) is 2.70. The van der Waals surface area contributed by atoms with Crippen LogP contribution in [0.4, 0.5) is 4.39 Å². The van der Waals surface area contributed by atoms with Crippen molar-refractivity contribution in [3.63, 3.8) is 0 Å². The Morgan fingerprint density at radius 2 is 2.27 bits per heavy atom. The molecule has 0 aliphatic carbocycles. The van der Waals surface area contributed by atoms with E-state index in [1.54, 1.807) is 12.1 Å². The van der Waals surface area contributed by atoms with E-state index in [1.807, 2.05) is 0 Å². The highest BCUT2D eigenvalue weighted by molar-refractivity contribution is 6.31. The molecule has 3 heteroatoms. The molecule has 0 spiro atoms. The number of halogens is 2. The number of epoxide rings is 1. The molecule has 1 fully saturated rings. The molecule has 2 rings (SSSR count). The van der Waals surface area contributed by atoms with Gasteiger partial charge in [-0.15, -0.1) is 0 Å². The predicted molar refractivity (Wildman–Crippen MR) is 40.1 cm³/mol. The van der Waals surface area contributed by atoms with Gasteiger partial charge in [0.25, 0.3) is 0 Å². The van der Waals surface area contributed by atoms with Crippen LogP contribution >= 0.6 is 11.6 Å². The molecule has 1 saturated heterocycles. The van der Waals surface area contributed by atoms with Gasteiger partial charge in [-0.2, -0.15) is 0 Å². The van der Waals surface area contributed by atoms with Gasteiger partial charge in [-0.3, -0.25) is 0 Å². The number of hydrogen-bond acceptors (Lipinski definition) is 1. The molecular weight excluding hydrogens is 167 g/mol. The minimum atomic E-state index is -0.278. The molecule has 1 aliphatic heterocycles. The Bertz CT molecular complexity index is 263. The molecule has 1 aromatic carbocycles. The van der Waals surface area contributed by atoms with E-state index in [-0.39, 0.29) is 11.9 Å². The summed E-state index contributed by atoms with van der Waals surface area (Å²) in [5.41, 5.74) is 0.495. The van der Waals surface area contributed by atoms with Crippen LogP contribution in [0, 0.1) is 5.82 Å². The zero-order valence-electron chi connectivity index (χ0n) is 5.68. The maximum absolute atomic E-state index is 13.0. The first-order valence-corrected chi connectivity index (χ1v) is 3.72. The lowest BCUT2D eigenvalue weighted by Gasteiger charge is -1.99. The molecule has 58 valence electrons. The highest BCUT2D eigenvalue weighted by Crippen LogP contribution is 2.36. The van der Waals surface area contributed by atoms with Crippen molar-refractivity contribution in [3.8, 4) is 0 Å². The Balaban J connectivity index is 2.48. The van der Waals surface area contributed by atoms with Crippen LogP contribution in [-0.2, 0) is 4.74 Å². The van der Waals surface area contributed by atoms with Gasteiger partial charge in [0.2, 0.25) is 0 Å². The van der Waals surface area contributed by atoms with Gasteiger partial charge >= 0.3 is 0 Å². The van der Waals surface area contributed by atoms with Crippen molar-refractivity contribution in [2.45, 2.75) is 6.10 Å². The summed E-state index contributed by atoms with van der Waals surface area (Å²) in [5, 5.41) is 0.451. The zero-order valence-corrected chi connectivity index (χ0v) is 6.44. The van der Waals surface area contributed by atoms with E-state index in [9.17, 15) is 4.39 Å². The van der Waals surface area contributed by atoms with Crippen LogP contribution in [0.2, 0.25) is 5.02 Å². The Hall–Kier alpha value is -0.600. The highest BCUT2D eigenvalue weighted by atomic mass is 35.5. The molecule has 0 amide bonds. The van der Waals surface area contributed by atoms with Crippen molar-refractivity contribution in [1.82, 2.24) is 0 Å². The molecule has 1 nitrogen and oxygen atoms in total. The quantitative estimate of drug-likeness (QED) is 0.593. The van der Waals surface area contributed by atoms with Gasteiger partial charge < -0.3 is 4.74 Å². The molecule has 1 unspecified atom stereocenters. The van der Waals surface area contributed by atoms with Crippen LogP contribution in [-0.4, -0.2) is 6.61 Å². The second-order valence-electron chi connectivity index (χ2n) is 2.46. The lowest BCUT2D eigenvalue weighted by Crippen LogP contribution is -1.88. The largest absolute Gasteiger partial charge is 0.368 e. The van der Waals surface area contributed by atoms with Crippen LogP contribution < -0.4 is 0 Å². The molecule has 0 bridgehead atoms. The van der Waals surface area contributed by atoms with Gasteiger partial charge in [0.15, 0.2) is 0 Å². The molecule has 11 heavy (non-hydrogen) atoms. The number of benzene rings is 1. The standard InChI is InChI=1S/C8H6ClFO/c9-5-2-1-3-6(10)8(5)7-4-11-7/h1-3,7H,4H2. The maximum atomic E-state index is 13.0. The summed E-state index contributed by atoms with van der Waals surface area (Å²) >= 11 is 5.74. The number of hydrogen-bond donors (Lipinski definition) is 0. The van der Waals surface area contributed by atoms with E-state index in [1.165, 1.54) is 6.07 Å². The van der Waals surface area contributed by atoms with Crippen molar-refractivity contribution in [3.05, 3.63) is 34.6 Å². The fraction of sp³-hybridized carbons (Fsp3) is 0.250. The van der Waals surface area contributed by atoms with Crippen molar-refractivity contribution in [1.29, 1.82) is 0 Å². The van der Waals surface area contributed by atoms with Gasteiger partial charge in [0.1, 0.15) is 11.9 Å². The summed E-state index contributed by atoms with van der Waals surface area (Å²) in [5.74, 6) is -0.278. The van der Waals surface area contributed by atoms with Crippen molar-refractivity contribution < 1.29 is 9.13 Å². The van der Waals surface area contributed by atoms with Crippen molar-refractivity contribution in [2.24, 2.45) is 0 Å². The monoisotopic (exact) mass is 172 g/mol. The predicted octanol–water partition coefficient (Wildman–Crippen LogP) is 2.55. The molecule has 1 aliphatic rings. The van der Waals surface area contributed by atoms with Crippen LogP contribution in [0.25, 0.3) is 0 Å². The van der Waals surface area contributed by atoms with E-state index in [0.717, 1.165) is 0 Å². The second-order valence-corrected chi connectivity index (χ2v) is 2.86. The van der Waals surface area contributed by atoms with Crippen LogP contribution in [0.15, 0.2) is 18.2 Å².